The second-order valence-electron chi connectivity index (χ2n) is 18.3. The molecule has 12 N–H and O–H groups in total. The predicted molar refractivity (Wildman–Crippen MR) is 281 cm³/mol. The van der Waals surface area contributed by atoms with Crippen LogP contribution in [0.25, 0.3) is 0 Å². The van der Waals surface area contributed by atoms with Crippen molar-refractivity contribution in [3.63, 3.8) is 0 Å². The molecule has 0 aromatic heterocycles. The van der Waals surface area contributed by atoms with Crippen molar-refractivity contribution in [1.29, 1.82) is 0 Å². The SMILES string of the molecule is CCCC(=O)NC(CCC(=O)NC(CCC(=O)NC(CCC(=O)NC(CCC(=O)NC(CCC(=O)NC(CCC(=O)NC(CCC(=O)NC(CCC(N)=O)C(=O)OC)C(=O)OC)C(=O)O)C(=O)OC)C(=O)OC)C(=O)O)C(=O)OC)C(=O)OC. The van der Waals surface area contributed by atoms with Crippen molar-refractivity contribution in [3.05, 3.63) is 0 Å². The molecule has 34 heteroatoms. The first-order valence-corrected chi connectivity index (χ1v) is 26.2. The minimum absolute atomic E-state index is 0.109. The van der Waals surface area contributed by atoms with E-state index in [1.807, 2.05) is 0 Å². The van der Waals surface area contributed by atoms with Gasteiger partial charge in [-0.25, -0.2) is 38.4 Å². The Hall–Kier alpha value is -9.01. The van der Waals surface area contributed by atoms with Gasteiger partial charge in [0, 0.05) is 57.8 Å². The van der Waals surface area contributed by atoms with Gasteiger partial charge in [-0.2, -0.15) is 0 Å². The molecule has 0 fully saturated rings. The van der Waals surface area contributed by atoms with E-state index >= 15 is 0 Å². The summed E-state index contributed by atoms with van der Waals surface area (Å²) in [6.45, 7) is 1.74. The molecular formula is C50H77N9O25. The molecule has 9 amide bonds. The van der Waals surface area contributed by atoms with Gasteiger partial charge in [-0.05, 0) is 57.8 Å². The van der Waals surface area contributed by atoms with Crippen LogP contribution in [0.2, 0.25) is 0 Å². The van der Waals surface area contributed by atoms with Gasteiger partial charge in [0.1, 0.15) is 48.3 Å². The lowest BCUT2D eigenvalue weighted by Crippen LogP contribution is -2.46. The van der Waals surface area contributed by atoms with E-state index in [2.05, 4.69) is 56.7 Å². The van der Waals surface area contributed by atoms with Crippen LogP contribution in [0.3, 0.4) is 0 Å². The molecule has 34 nitrogen and oxygen atoms in total. The maximum atomic E-state index is 13.0. The van der Waals surface area contributed by atoms with E-state index in [-0.39, 0.29) is 38.5 Å². The van der Waals surface area contributed by atoms with Crippen LogP contribution in [-0.4, -0.2) is 202 Å². The number of methoxy groups -OCH3 is 6. The number of ether oxygens (including phenoxy) is 6. The fourth-order valence-electron chi connectivity index (χ4n) is 7.44. The van der Waals surface area contributed by atoms with E-state index in [0.29, 0.717) is 6.42 Å². The quantitative estimate of drug-likeness (QED) is 0.0203. The number of rotatable bonds is 42. The normalized spacial score (nSPS) is 13.4. The molecule has 0 heterocycles. The molecular weight excluding hydrogens is 1130 g/mol. The third-order valence-electron chi connectivity index (χ3n) is 12.0. The smallest absolute Gasteiger partial charge is 0.328 e. The highest BCUT2D eigenvalue weighted by Gasteiger charge is 2.32. The highest BCUT2D eigenvalue weighted by Crippen LogP contribution is 2.11. The van der Waals surface area contributed by atoms with Crippen LogP contribution in [0.5, 0.6) is 0 Å². The second-order valence-corrected chi connectivity index (χ2v) is 18.3. The maximum absolute atomic E-state index is 13.0. The van der Waals surface area contributed by atoms with Crippen molar-refractivity contribution < 1.29 is 120 Å². The van der Waals surface area contributed by atoms with Crippen molar-refractivity contribution in [1.82, 2.24) is 42.5 Å². The number of aliphatic carboxylic acids is 2. The lowest BCUT2D eigenvalue weighted by Gasteiger charge is -2.20. The molecule has 0 saturated carbocycles. The lowest BCUT2D eigenvalue weighted by atomic mass is 10.1. The van der Waals surface area contributed by atoms with E-state index in [1.165, 1.54) is 0 Å². The largest absolute Gasteiger partial charge is 0.480 e. The summed E-state index contributed by atoms with van der Waals surface area (Å²) in [4.78, 5) is 212. The van der Waals surface area contributed by atoms with E-state index in [9.17, 15) is 91.7 Å². The van der Waals surface area contributed by atoms with Crippen LogP contribution in [0.1, 0.15) is 122 Å². The summed E-state index contributed by atoms with van der Waals surface area (Å²) >= 11 is 0. The van der Waals surface area contributed by atoms with E-state index < -0.39 is 220 Å². The van der Waals surface area contributed by atoms with Crippen molar-refractivity contribution in [2.24, 2.45) is 5.73 Å². The number of carbonyl (C=O) groups excluding carboxylic acids is 15. The minimum atomic E-state index is -1.70. The van der Waals surface area contributed by atoms with Gasteiger partial charge in [0.05, 0.1) is 42.7 Å². The Morgan fingerprint density at radius 1 is 0.286 bits per heavy atom. The molecule has 0 spiro atoms. The van der Waals surface area contributed by atoms with Gasteiger partial charge in [-0.15, -0.1) is 0 Å². The maximum Gasteiger partial charge on any atom is 0.328 e. The van der Waals surface area contributed by atoms with Crippen LogP contribution in [0.15, 0.2) is 0 Å². The molecule has 0 aliphatic rings. The number of amides is 9. The standard InChI is InChI=1S/C50H77N9O25/c1-8-9-35(61)54-29(46(74)80-3)15-23-41(67)58-30(47(75)81-4)13-21-36(62)52-27(44(71)72)12-20-39(65)57-33(50(78)84-7)17-25-42(68)59-31(48(76)82-5)14-22-37(63)53-26(43(69)70)11-19-38(64)56-32(49(77)83-6)16-24-40(66)55-28(45(73)79-2)10-18-34(51)60/h26-33H,8-25H2,1-7H3,(H2,51,60)(H,52,62)(H,53,63)(H,54,61)(H,55,66)(H,56,64)(H,57,65)(H,58,67)(H,59,68)(H,69,70)(H,71,72). The highest BCUT2D eigenvalue weighted by atomic mass is 16.5. The van der Waals surface area contributed by atoms with Crippen LogP contribution in [0, 0.1) is 0 Å². The Bertz CT molecular complexity index is 2350. The molecule has 0 aromatic rings. The summed E-state index contributed by atoms with van der Waals surface area (Å²) in [5, 5.41) is 38.0. The first-order chi connectivity index (χ1) is 39.6. The zero-order valence-electron chi connectivity index (χ0n) is 47.7. The monoisotopic (exact) mass is 1200 g/mol. The third kappa shape index (κ3) is 31.3. The molecule has 84 heavy (non-hydrogen) atoms. The van der Waals surface area contributed by atoms with Crippen LogP contribution >= 0.6 is 0 Å². The number of carbonyl (C=O) groups is 17. The number of carboxylic acids is 2. The average Bonchev–Trinajstić information content (AvgIpc) is 3.45. The van der Waals surface area contributed by atoms with Gasteiger partial charge in [0.15, 0.2) is 0 Å². The number of hydrogen-bond acceptors (Lipinski definition) is 23. The third-order valence-corrected chi connectivity index (χ3v) is 12.0. The summed E-state index contributed by atoms with van der Waals surface area (Å²) in [7, 11) is 6.07. The first-order valence-electron chi connectivity index (χ1n) is 26.2. The lowest BCUT2D eigenvalue weighted by molar-refractivity contribution is -0.147. The molecule has 8 unspecified atom stereocenters. The highest BCUT2D eigenvalue weighted by molar-refractivity contribution is 5.91. The fraction of sp³-hybridized carbons (Fsp3) is 0.660. The number of esters is 6. The fourth-order valence-corrected chi connectivity index (χ4v) is 7.44. The Morgan fingerprint density at radius 3 is 0.595 bits per heavy atom. The van der Waals surface area contributed by atoms with Crippen molar-refractivity contribution >= 4 is 101 Å². The van der Waals surface area contributed by atoms with Crippen molar-refractivity contribution in [3.8, 4) is 0 Å². The number of nitrogens with one attached hydrogen (secondary N) is 8. The predicted octanol–water partition coefficient (Wildman–Crippen LogP) is -4.40. The van der Waals surface area contributed by atoms with Gasteiger partial charge in [-0.1, -0.05) is 6.92 Å². The first kappa shape index (κ1) is 75.0. The Morgan fingerprint density at radius 2 is 0.440 bits per heavy atom. The van der Waals surface area contributed by atoms with Gasteiger partial charge in [0.25, 0.3) is 0 Å². The zero-order valence-corrected chi connectivity index (χ0v) is 47.7. The zero-order chi connectivity index (χ0) is 64.1. The number of primary amides is 1. The molecule has 0 aliphatic heterocycles. The van der Waals surface area contributed by atoms with Gasteiger partial charge in [0.2, 0.25) is 53.2 Å². The Kier molecular flexibility index (Phi) is 36.6. The molecule has 0 radical (unpaired) electrons. The van der Waals surface area contributed by atoms with E-state index in [0.717, 1.165) is 42.7 Å². The van der Waals surface area contributed by atoms with Gasteiger partial charge < -0.3 is 86.9 Å². The van der Waals surface area contributed by atoms with Crippen molar-refractivity contribution in [2.45, 2.75) is 171 Å². The molecule has 0 saturated heterocycles. The summed E-state index contributed by atoms with van der Waals surface area (Å²) in [6, 6.07) is -11.7. The summed E-state index contributed by atoms with van der Waals surface area (Å²) in [6.07, 6.45) is -6.56. The molecule has 0 aromatic carbocycles. The summed E-state index contributed by atoms with van der Waals surface area (Å²) < 4.78 is 28.1. The van der Waals surface area contributed by atoms with Crippen LogP contribution in [-0.2, 0) is 110 Å². The summed E-state index contributed by atoms with van der Waals surface area (Å²) in [5.41, 5.74) is 5.11. The molecule has 8 atom stereocenters. The van der Waals surface area contributed by atoms with Gasteiger partial charge >= 0.3 is 47.8 Å². The molecule has 0 bridgehead atoms. The Balaban J connectivity index is 5.49. The van der Waals surface area contributed by atoms with Crippen molar-refractivity contribution in [2.75, 3.05) is 42.7 Å². The Labute approximate surface area is 481 Å². The van der Waals surface area contributed by atoms with Crippen LogP contribution < -0.4 is 48.3 Å². The molecule has 472 valence electrons. The number of hydrogen-bond donors (Lipinski definition) is 11. The molecule has 0 aliphatic carbocycles. The topological polar surface area (TPSA) is 508 Å². The molecule has 0 rings (SSSR count). The second kappa shape index (κ2) is 41.1. The number of carboxylic acid groups (broad SMARTS) is 2. The van der Waals surface area contributed by atoms with Crippen LogP contribution in [0.4, 0.5) is 0 Å². The van der Waals surface area contributed by atoms with E-state index in [4.69, 9.17) is 19.9 Å². The van der Waals surface area contributed by atoms with E-state index in [1.54, 1.807) is 6.92 Å². The van der Waals surface area contributed by atoms with Gasteiger partial charge in [-0.3, -0.25) is 43.2 Å². The minimum Gasteiger partial charge on any atom is -0.480 e. The summed E-state index contributed by atoms with van der Waals surface area (Å²) in [5.74, 6) is -16.3. The number of nitrogens with two attached hydrogens (primary N) is 1. The average molecular weight is 1200 g/mol.